The van der Waals surface area contributed by atoms with Crippen molar-refractivity contribution in [1.29, 1.82) is 0 Å². The Morgan fingerprint density at radius 2 is 1.87 bits per heavy atom. The fourth-order valence-corrected chi connectivity index (χ4v) is 2.78. The third kappa shape index (κ3) is 5.84. The zero-order valence-electron chi connectivity index (χ0n) is 13.0. The normalized spacial score (nSPS) is 17.7. The van der Waals surface area contributed by atoms with E-state index in [4.69, 9.17) is 4.74 Å². The second kappa shape index (κ2) is 7.79. The molecule has 23 heavy (non-hydrogen) atoms. The summed E-state index contributed by atoms with van der Waals surface area (Å²) < 4.78 is 42.8. The summed E-state index contributed by atoms with van der Waals surface area (Å²) in [5, 5.41) is 3.20. The van der Waals surface area contributed by atoms with E-state index >= 15 is 0 Å². The van der Waals surface area contributed by atoms with E-state index < -0.39 is 18.6 Å². The average Bonchev–Trinajstić information content (AvgIpc) is 2.48. The number of halogens is 3. The molecule has 0 spiro atoms. The first-order chi connectivity index (χ1) is 10.8. The number of nitrogens with one attached hydrogen (secondary N) is 1. The van der Waals surface area contributed by atoms with Crippen molar-refractivity contribution in [2.75, 3.05) is 26.2 Å². The number of benzene rings is 1. The predicted octanol–water partition coefficient (Wildman–Crippen LogP) is 2.90. The summed E-state index contributed by atoms with van der Waals surface area (Å²) in [6.45, 7) is 4.28. The van der Waals surface area contributed by atoms with Crippen molar-refractivity contribution in [3.05, 3.63) is 29.8 Å². The Morgan fingerprint density at radius 3 is 2.39 bits per heavy atom. The quantitative estimate of drug-likeness (QED) is 0.666. The van der Waals surface area contributed by atoms with Gasteiger partial charge in [-0.15, -0.1) is 0 Å². The first kappa shape index (κ1) is 17.7. The molecule has 0 aromatic heterocycles. The maximum absolute atomic E-state index is 12.6. The molecule has 0 bridgehead atoms. The Labute approximate surface area is 133 Å². The van der Waals surface area contributed by atoms with Gasteiger partial charge in [0.05, 0.1) is 0 Å². The SMILES string of the molecule is CC(=O)Oc1ccc([C@H](CCC(F)(F)F)N2CCNCC2)cc1. The molecule has 1 aliphatic rings. The van der Waals surface area contributed by atoms with Crippen LogP contribution in [0.5, 0.6) is 5.75 Å². The summed E-state index contributed by atoms with van der Waals surface area (Å²) in [5.41, 5.74) is 0.812. The van der Waals surface area contributed by atoms with Crippen molar-refractivity contribution in [2.45, 2.75) is 32.0 Å². The fraction of sp³-hybridized carbons (Fsp3) is 0.562. The van der Waals surface area contributed by atoms with Crippen LogP contribution in [0, 0.1) is 0 Å². The number of hydrogen-bond acceptors (Lipinski definition) is 4. The van der Waals surface area contributed by atoms with E-state index in [1.54, 1.807) is 24.3 Å². The number of carbonyl (C=O) groups excluding carboxylic acids is 1. The number of nitrogens with zero attached hydrogens (tertiary/aromatic N) is 1. The van der Waals surface area contributed by atoms with Crippen LogP contribution < -0.4 is 10.1 Å². The second-order valence-electron chi connectivity index (χ2n) is 5.62. The molecule has 7 heteroatoms. The van der Waals surface area contributed by atoms with Crippen molar-refractivity contribution in [2.24, 2.45) is 0 Å². The van der Waals surface area contributed by atoms with E-state index in [9.17, 15) is 18.0 Å². The molecule has 1 atom stereocenters. The van der Waals surface area contributed by atoms with Crippen molar-refractivity contribution in [1.82, 2.24) is 10.2 Å². The van der Waals surface area contributed by atoms with Crippen molar-refractivity contribution >= 4 is 5.97 Å². The average molecular weight is 330 g/mol. The summed E-state index contributed by atoms with van der Waals surface area (Å²) in [5.74, 6) is -0.0235. The Bertz CT molecular complexity index is 511. The highest BCUT2D eigenvalue weighted by molar-refractivity contribution is 5.69. The molecule has 4 nitrogen and oxygen atoms in total. The molecule has 0 aliphatic carbocycles. The first-order valence-corrected chi connectivity index (χ1v) is 7.65. The van der Waals surface area contributed by atoms with Crippen molar-refractivity contribution < 1.29 is 22.7 Å². The van der Waals surface area contributed by atoms with E-state index in [0.717, 1.165) is 18.7 Å². The smallest absolute Gasteiger partial charge is 0.389 e. The minimum atomic E-state index is -4.16. The number of esters is 1. The number of carbonyl (C=O) groups is 1. The number of piperazine rings is 1. The standard InChI is InChI=1S/C16H21F3N2O2/c1-12(22)23-14-4-2-13(3-5-14)15(6-7-16(17,18)19)21-10-8-20-9-11-21/h2-5,15,20H,6-11H2,1H3/t15-/m0/s1. The van der Waals surface area contributed by atoms with E-state index in [0.29, 0.717) is 18.8 Å². The van der Waals surface area contributed by atoms with Gasteiger partial charge in [-0.05, 0) is 24.1 Å². The lowest BCUT2D eigenvalue weighted by atomic mass is 9.99. The van der Waals surface area contributed by atoms with Gasteiger partial charge in [-0.25, -0.2) is 0 Å². The summed E-state index contributed by atoms with van der Waals surface area (Å²) in [7, 11) is 0. The van der Waals surface area contributed by atoms with E-state index in [2.05, 4.69) is 10.2 Å². The Morgan fingerprint density at radius 1 is 1.26 bits per heavy atom. The highest BCUT2D eigenvalue weighted by atomic mass is 19.4. The molecule has 0 saturated carbocycles. The van der Waals surface area contributed by atoms with E-state index in [1.165, 1.54) is 6.92 Å². The van der Waals surface area contributed by atoms with Crippen LogP contribution in [-0.2, 0) is 4.79 Å². The Kier molecular flexibility index (Phi) is 6.01. The predicted molar refractivity (Wildman–Crippen MR) is 80.2 cm³/mol. The molecule has 1 aromatic carbocycles. The van der Waals surface area contributed by atoms with Crippen LogP contribution in [0.2, 0.25) is 0 Å². The molecule has 1 N–H and O–H groups in total. The third-order valence-corrected chi connectivity index (χ3v) is 3.82. The minimum absolute atomic E-state index is 0.0242. The van der Waals surface area contributed by atoms with Crippen molar-refractivity contribution in [3.63, 3.8) is 0 Å². The third-order valence-electron chi connectivity index (χ3n) is 3.82. The number of alkyl halides is 3. The van der Waals surface area contributed by atoms with Gasteiger partial charge in [0.2, 0.25) is 0 Å². The molecule has 0 unspecified atom stereocenters. The number of hydrogen-bond donors (Lipinski definition) is 1. The molecule has 128 valence electrons. The molecule has 2 rings (SSSR count). The summed E-state index contributed by atoms with van der Waals surface area (Å²) >= 11 is 0. The maximum atomic E-state index is 12.6. The number of rotatable bonds is 5. The summed E-state index contributed by atoms with van der Waals surface area (Å²) in [4.78, 5) is 13.0. The van der Waals surface area contributed by atoms with Crippen LogP contribution in [0.1, 0.15) is 31.4 Å². The number of ether oxygens (including phenoxy) is 1. The molecular formula is C16H21F3N2O2. The van der Waals surface area contributed by atoms with Crippen LogP contribution in [0.3, 0.4) is 0 Å². The highest BCUT2D eigenvalue weighted by Gasteiger charge is 2.31. The molecule has 1 heterocycles. The van der Waals surface area contributed by atoms with Gasteiger partial charge >= 0.3 is 12.1 Å². The summed E-state index contributed by atoms with van der Waals surface area (Å²) in [6, 6.07) is 6.44. The van der Waals surface area contributed by atoms with E-state index in [-0.39, 0.29) is 12.5 Å². The van der Waals surface area contributed by atoms with Gasteiger partial charge in [-0.2, -0.15) is 13.2 Å². The van der Waals surface area contributed by atoms with Gasteiger partial charge in [0.1, 0.15) is 5.75 Å². The van der Waals surface area contributed by atoms with Gasteiger partial charge < -0.3 is 10.1 Å². The van der Waals surface area contributed by atoms with Crippen LogP contribution in [0.15, 0.2) is 24.3 Å². The van der Waals surface area contributed by atoms with Gasteiger partial charge in [0.15, 0.2) is 0 Å². The van der Waals surface area contributed by atoms with Gasteiger partial charge in [-0.1, -0.05) is 12.1 Å². The highest BCUT2D eigenvalue weighted by Crippen LogP contribution is 2.32. The summed E-state index contributed by atoms with van der Waals surface area (Å²) in [6.07, 6.45) is -4.95. The second-order valence-corrected chi connectivity index (χ2v) is 5.62. The van der Waals surface area contributed by atoms with Gasteiger partial charge in [-0.3, -0.25) is 9.69 Å². The molecule has 1 aromatic rings. The molecule has 1 aliphatic heterocycles. The lowest BCUT2D eigenvalue weighted by molar-refractivity contribution is -0.138. The van der Waals surface area contributed by atoms with Crippen molar-refractivity contribution in [3.8, 4) is 5.75 Å². The van der Waals surface area contributed by atoms with Crippen LogP contribution in [0.25, 0.3) is 0 Å². The molecule has 1 fully saturated rings. The van der Waals surface area contributed by atoms with Crippen LogP contribution in [-0.4, -0.2) is 43.2 Å². The lowest BCUT2D eigenvalue weighted by Crippen LogP contribution is -2.45. The zero-order valence-corrected chi connectivity index (χ0v) is 13.0. The Balaban J connectivity index is 2.12. The molecular weight excluding hydrogens is 309 g/mol. The minimum Gasteiger partial charge on any atom is -0.427 e. The van der Waals surface area contributed by atoms with Crippen LogP contribution >= 0.6 is 0 Å². The van der Waals surface area contributed by atoms with Gasteiger partial charge in [0, 0.05) is 45.6 Å². The first-order valence-electron chi connectivity index (χ1n) is 7.65. The lowest BCUT2D eigenvalue weighted by Gasteiger charge is -2.35. The largest absolute Gasteiger partial charge is 0.427 e. The van der Waals surface area contributed by atoms with Gasteiger partial charge in [0.25, 0.3) is 0 Å². The monoisotopic (exact) mass is 330 g/mol. The molecule has 0 amide bonds. The zero-order chi connectivity index (χ0) is 16.9. The Hall–Kier alpha value is -1.60. The van der Waals surface area contributed by atoms with E-state index in [1.807, 2.05) is 0 Å². The fourth-order valence-electron chi connectivity index (χ4n) is 2.78. The van der Waals surface area contributed by atoms with Crippen LogP contribution in [0.4, 0.5) is 13.2 Å². The topological polar surface area (TPSA) is 41.6 Å². The molecule has 0 radical (unpaired) electrons. The molecule has 1 saturated heterocycles. The maximum Gasteiger partial charge on any atom is 0.389 e.